The van der Waals surface area contributed by atoms with E-state index in [1.807, 2.05) is 18.2 Å². The first kappa shape index (κ1) is 16.0. The molecule has 2 aromatic rings. The summed E-state index contributed by atoms with van der Waals surface area (Å²) in [6.45, 7) is 0. The summed E-state index contributed by atoms with van der Waals surface area (Å²) in [5, 5.41) is 13.7. The van der Waals surface area contributed by atoms with Gasteiger partial charge in [-0.3, -0.25) is 10.1 Å². The third-order valence-corrected chi connectivity index (χ3v) is 4.47. The lowest BCUT2D eigenvalue weighted by atomic mass is 9.87. The lowest BCUT2D eigenvalue weighted by Gasteiger charge is -2.33. The van der Waals surface area contributed by atoms with Crippen molar-refractivity contribution in [2.24, 2.45) is 0 Å². The van der Waals surface area contributed by atoms with Crippen LogP contribution in [0, 0.1) is 10.1 Å². The molecule has 1 N–H and O–H groups in total. The topological polar surface area (TPSA) is 75.5 Å². The number of nitrogens with one attached hydrogen (secondary N) is 1. The first-order valence-electron chi connectivity index (χ1n) is 7.93. The highest BCUT2D eigenvalue weighted by Gasteiger charge is 2.27. The number of carbonyl (C=O) groups excluding carboxylic acids is 1. The Balaban J connectivity index is 1.81. The second-order valence-electron chi connectivity index (χ2n) is 5.92. The summed E-state index contributed by atoms with van der Waals surface area (Å²) in [5.41, 5.74) is 2.52. The van der Waals surface area contributed by atoms with Crippen molar-refractivity contribution in [1.82, 2.24) is 4.90 Å². The molecule has 0 fully saturated rings. The van der Waals surface area contributed by atoms with Crippen molar-refractivity contribution in [1.29, 1.82) is 0 Å². The number of amides is 2. The van der Waals surface area contributed by atoms with Crippen LogP contribution in [0.5, 0.6) is 0 Å². The van der Waals surface area contributed by atoms with E-state index in [1.165, 1.54) is 11.6 Å². The molecular formula is C18H19N3O3. The number of hydrogen-bond donors (Lipinski definition) is 1. The Bertz CT molecular complexity index is 776. The molecule has 0 aliphatic heterocycles. The van der Waals surface area contributed by atoms with Gasteiger partial charge in [0.1, 0.15) is 5.69 Å². The molecule has 3 rings (SSSR count). The summed E-state index contributed by atoms with van der Waals surface area (Å²) in [4.78, 5) is 24.8. The van der Waals surface area contributed by atoms with Crippen LogP contribution >= 0.6 is 0 Å². The van der Waals surface area contributed by atoms with Crippen molar-refractivity contribution in [2.45, 2.75) is 25.3 Å². The number of nitrogens with zero attached hydrogens (tertiary/aromatic N) is 2. The fraction of sp³-hybridized carbons (Fsp3) is 0.278. The minimum atomic E-state index is -0.495. The van der Waals surface area contributed by atoms with Gasteiger partial charge in [-0.25, -0.2) is 4.79 Å². The molecule has 0 aromatic heterocycles. The second-order valence-corrected chi connectivity index (χ2v) is 5.92. The van der Waals surface area contributed by atoms with E-state index < -0.39 is 4.92 Å². The molecule has 0 bridgehead atoms. The lowest BCUT2D eigenvalue weighted by Crippen LogP contribution is -2.36. The molecular weight excluding hydrogens is 306 g/mol. The standard InChI is InChI=1S/C18H19N3O3/c1-20(16-12-6-8-13-7-2-3-9-14(13)16)18(22)19-15-10-4-5-11-17(15)21(23)24/h2-5,7,9-11,16H,6,8,12H2,1H3,(H,19,22)/t16-/m1/s1. The SMILES string of the molecule is CN(C(=O)Nc1ccccc1[N+](=O)[O-])[C@@H]1CCCc2ccccc21. The fourth-order valence-electron chi connectivity index (χ4n) is 3.21. The van der Waals surface area contributed by atoms with Crippen molar-refractivity contribution in [2.75, 3.05) is 12.4 Å². The summed E-state index contributed by atoms with van der Waals surface area (Å²) in [5.74, 6) is 0. The highest BCUT2D eigenvalue weighted by Crippen LogP contribution is 2.34. The Kier molecular flexibility index (Phi) is 4.46. The Morgan fingerprint density at radius 3 is 2.71 bits per heavy atom. The predicted octanol–water partition coefficient (Wildman–Crippen LogP) is 4.14. The molecule has 2 aromatic carbocycles. The van der Waals surface area contributed by atoms with Crippen LogP contribution in [0.15, 0.2) is 48.5 Å². The molecule has 24 heavy (non-hydrogen) atoms. The predicted molar refractivity (Wildman–Crippen MR) is 92.0 cm³/mol. The van der Waals surface area contributed by atoms with E-state index in [1.54, 1.807) is 30.1 Å². The number of para-hydroxylation sites is 2. The van der Waals surface area contributed by atoms with Crippen LogP contribution in [-0.2, 0) is 6.42 Å². The van der Waals surface area contributed by atoms with E-state index in [4.69, 9.17) is 0 Å². The summed E-state index contributed by atoms with van der Waals surface area (Å²) >= 11 is 0. The highest BCUT2D eigenvalue weighted by molar-refractivity contribution is 5.92. The molecule has 0 saturated carbocycles. The second kappa shape index (κ2) is 6.70. The smallest absolute Gasteiger partial charge is 0.321 e. The molecule has 1 atom stereocenters. The molecule has 0 spiro atoms. The molecule has 6 heteroatoms. The number of nitro groups is 1. The number of rotatable bonds is 3. The van der Waals surface area contributed by atoms with Crippen molar-refractivity contribution >= 4 is 17.4 Å². The first-order valence-corrected chi connectivity index (χ1v) is 7.93. The van der Waals surface area contributed by atoms with Gasteiger partial charge in [-0.05, 0) is 36.5 Å². The molecule has 2 amide bonds. The van der Waals surface area contributed by atoms with E-state index in [0.29, 0.717) is 0 Å². The van der Waals surface area contributed by atoms with Gasteiger partial charge >= 0.3 is 6.03 Å². The van der Waals surface area contributed by atoms with E-state index in [0.717, 1.165) is 24.8 Å². The average molecular weight is 325 g/mol. The fourth-order valence-corrected chi connectivity index (χ4v) is 3.21. The molecule has 1 aliphatic rings. The number of nitro benzene ring substituents is 1. The molecule has 0 radical (unpaired) electrons. The van der Waals surface area contributed by atoms with Crippen LogP contribution in [0.2, 0.25) is 0 Å². The summed E-state index contributed by atoms with van der Waals surface area (Å²) in [7, 11) is 1.73. The number of benzene rings is 2. The van der Waals surface area contributed by atoms with Crippen molar-refractivity contribution in [3.63, 3.8) is 0 Å². The van der Waals surface area contributed by atoms with Crippen LogP contribution < -0.4 is 5.32 Å². The quantitative estimate of drug-likeness (QED) is 0.681. The molecule has 0 saturated heterocycles. The van der Waals surface area contributed by atoms with Gasteiger partial charge < -0.3 is 10.2 Å². The number of fused-ring (bicyclic) bond motifs is 1. The van der Waals surface area contributed by atoms with Crippen molar-refractivity contribution in [3.8, 4) is 0 Å². The third-order valence-electron chi connectivity index (χ3n) is 4.47. The molecule has 0 unspecified atom stereocenters. The normalized spacial score (nSPS) is 16.1. The monoisotopic (exact) mass is 325 g/mol. The zero-order valence-electron chi connectivity index (χ0n) is 13.4. The van der Waals surface area contributed by atoms with E-state index in [9.17, 15) is 14.9 Å². The Morgan fingerprint density at radius 2 is 1.92 bits per heavy atom. The number of aryl methyl sites for hydroxylation is 1. The van der Waals surface area contributed by atoms with Gasteiger partial charge in [0.2, 0.25) is 0 Å². The van der Waals surface area contributed by atoms with E-state index >= 15 is 0 Å². The van der Waals surface area contributed by atoms with E-state index in [2.05, 4.69) is 11.4 Å². The van der Waals surface area contributed by atoms with Crippen LogP contribution in [0.3, 0.4) is 0 Å². The number of carbonyl (C=O) groups is 1. The highest BCUT2D eigenvalue weighted by atomic mass is 16.6. The first-order chi connectivity index (χ1) is 11.6. The maximum Gasteiger partial charge on any atom is 0.322 e. The summed E-state index contributed by atoms with van der Waals surface area (Å²) in [6, 6.07) is 13.9. The third kappa shape index (κ3) is 3.08. The van der Waals surface area contributed by atoms with Crippen molar-refractivity contribution in [3.05, 3.63) is 69.8 Å². The van der Waals surface area contributed by atoms with Gasteiger partial charge in [-0.1, -0.05) is 36.4 Å². The molecule has 6 nitrogen and oxygen atoms in total. The zero-order valence-corrected chi connectivity index (χ0v) is 13.4. The van der Waals surface area contributed by atoms with E-state index in [-0.39, 0.29) is 23.4 Å². The molecule has 0 heterocycles. The average Bonchev–Trinajstić information content (AvgIpc) is 2.61. The largest absolute Gasteiger partial charge is 0.322 e. The lowest BCUT2D eigenvalue weighted by molar-refractivity contribution is -0.383. The Labute approximate surface area is 140 Å². The van der Waals surface area contributed by atoms with Gasteiger partial charge in [0.15, 0.2) is 0 Å². The number of hydrogen-bond acceptors (Lipinski definition) is 3. The van der Waals surface area contributed by atoms with Crippen LogP contribution in [0.25, 0.3) is 0 Å². The minimum absolute atomic E-state index is 0.0160. The van der Waals surface area contributed by atoms with Gasteiger partial charge in [0, 0.05) is 13.1 Å². The molecule has 1 aliphatic carbocycles. The van der Waals surface area contributed by atoms with Crippen molar-refractivity contribution < 1.29 is 9.72 Å². The minimum Gasteiger partial charge on any atom is -0.321 e. The number of urea groups is 1. The number of anilines is 1. The van der Waals surface area contributed by atoms with Gasteiger partial charge in [-0.15, -0.1) is 0 Å². The maximum atomic E-state index is 12.6. The molecule has 124 valence electrons. The summed E-state index contributed by atoms with van der Waals surface area (Å²) < 4.78 is 0. The van der Waals surface area contributed by atoms with Gasteiger partial charge in [-0.2, -0.15) is 0 Å². The van der Waals surface area contributed by atoms with Crippen LogP contribution in [-0.4, -0.2) is 22.9 Å². The Hall–Kier alpha value is -2.89. The van der Waals surface area contributed by atoms with Gasteiger partial charge in [0.25, 0.3) is 5.69 Å². The van der Waals surface area contributed by atoms with Gasteiger partial charge in [0.05, 0.1) is 11.0 Å². The summed E-state index contributed by atoms with van der Waals surface area (Å²) in [6.07, 6.45) is 2.93. The van der Waals surface area contributed by atoms with Crippen LogP contribution in [0.1, 0.15) is 30.0 Å². The van der Waals surface area contributed by atoms with Crippen LogP contribution in [0.4, 0.5) is 16.2 Å². The Morgan fingerprint density at radius 1 is 1.21 bits per heavy atom. The zero-order chi connectivity index (χ0) is 17.1. The maximum absolute atomic E-state index is 12.6.